The lowest BCUT2D eigenvalue weighted by molar-refractivity contribution is -0.0348. The van der Waals surface area contributed by atoms with Crippen LogP contribution in [0.1, 0.15) is 6.92 Å². The van der Waals surface area contributed by atoms with Crippen LogP contribution < -0.4 is 5.69 Å². The van der Waals surface area contributed by atoms with Crippen molar-refractivity contribution in [3.05, 3.63) is 28.9 Å². The molecule has 16 heavy (non-hydrogen) atoms. The van der Waals surface area contributed by atoms with Gasteiger partial charge in [0.1, 0.15) is 0 Å². The maximum absolute atomic E-state index is 11.4. The number of rotatable bonds is 3. The van der Waals surface area contributed by atoms with Crippen molar-refractivity contribution in [2.45, 2.75) is 19.6 Å². The molecule has 88 valence electrons. The molecule has 1 aliphatic rings. The van der Waals surface area contributed by atoms with Crippen molar-refractivity contribution in [1.82, 2.24) is 14.5 Å². The van der Waals surface area contributed by atoms with Gasteiger partial charge in [-0.2, -0.15) is 0 Å². The Kier molecular flexibility index (Phi) is 3.69. The molecule has 1 fully saturated rings. The fourth-order valence-corrected chi connectivity index (χ4v) is 1.92. The highest BCUT2D eigenvalue weighted by molar-refractivity contribution is 4.83. The monoisotopic (exact) mass is 223 g/mol. The lowest BCUT2D eigenvalue weighted by atomic mass is 10.2. The maximum atomic E-state index is 11.4. The average Bonchev–Trinajstić information content (AvgIpc) is 2.32. The molecule has 0 spiro atoms. The summed E-state index contributed by atoms with van der Waals surface area (Å²) in [5.74, 6) is 0. The minimum Gasteiger partial charge on any atom is -0.374 e. The molecule has 2 heterocycles. The lowest BCUT2D eigenvalue weighted by Crippen LogP contribution is -2.45. The van der Waals surface area contributed by atoms with E-state index in [9.17, 15) is 4.79 Å². The highest BCUT2D eigenvalue weighted by Gasteiger charge is 2.19. The van der Waals surface area contributed by atoms with Gasteiger partial charge in [0.25, 0.3) is 0 Å². The van der Waals surface area contributed by atoms with E-state index in [0.29, 0.717) is 6.54 Å². The predicted molar refractivity (Wildman–Crippen MR) is 60.4 cm³/mol. The first-order valence-corrected chi connectivity index (χ1v) is 5.65. The number of nitrogens with zero attached hydrogens (tertiary/aromatic N) is 3. The molecule has 1 saturated heterocycles. The summed E-state index contributed by atoms with van der Waals surface area (Å²) in [6.07, 6.45) is 3.36. The summed E-state index contributed by atoms with van der Waals surface area (Å²) in [7, 11) is 0. The van der Waals surface area contributed by atoms with Gasteiger partial charge in [-0.05, 0) is 12.6 Å². The van der Waals surface area contributed by atoms with Crippen LogP contribution in [0.5, 0.6) is 0 Å². The van der Waals surface area contributed by atoms with Crippen molar-refractivity contribution in [3.63, 3.8) is 0 Å². The fourth-order valence-electron chi connectivity index (χ4n) is 1.92. The van der Waals surface area contributed by atoms with Crippen molar-refractivity contribution >= 4 is 0 Å². The number of aromatic nitrogens is 2. The Bertz CT molecular complexity index is 391. The second-order valence-corrected chi connectivity index (χ2v) is 3.94. The lowest BCUT2D eigenvalue weighted by Gasteiger charge is -2.32. The topological polar surface area (TPSA) is 47.4 Å². The molecule has 0 radical (unpaired) electrons. The third-order valence-electron chi connectivity index (χ3n) is 2.85. The van der Waals surface area contributed by atoms with E-state index in [0.717, 1.165) is 26.2 Å². The zero-order chi connectivity index (χ0) is 11.4. The average molecular weight is 223 g/mol. The van der Waals surface area contributed by atoms with Gasteiger partial charge in [0.2, 0.25) is 0 Å². The molecule has 5 heteroatoms. The molecular weight excluding hydrogens is 206 g/mol. The summed E-state index contributed by atoms with van der Waals surface area (Å²) in [5, 5.41) is 0. The van der Waals surface area contributed by atoms with Gasteiger partial charge >= 0.3 is 5.69 Å². The van der Waals surface area contributed by atoms with Crippen molar-refractivity contribution in [3.8, 4) is 0 Å². The van der Waals surface area contributed by atoms with Crippen LogP contribution in [0.25, 0.3) is 0 Å². The highest BCUT2D eigenvalue weighted by Crippen LogP contribution is 2.05. The van der Waals surface area contributed by atoms with E-state index < -0.39 is 0 Å². The van der Waals surface area contributed by atoms with E-state index in [4.69, 9.17) is 4.74 Å². The Morgan fingerprint density at radius 1 is 1.62 bits per heavy atom. The van der Waals surface area contributed by atoms with Gasteiger partial charge in [0.05, 0.1) is 19.3 Å². The van der Waals surface area contributed by atoms with Crippen molar-refractivity contribution < 1.29 is 4.74 Å². The van der Waals surface area contributed by atoms with Crippen LogP contribution in [0.15, 0.2) is 23.3 Å². The Morgan fingerprint density at radius 2 is 2.50 bits per heavy atom. The molecule has 0 aromatic carbocycles. The smallest absolute Gasteiger partial charge is 0.347 e. The van der Waals surface area contributed by atoms with Crippen LogP contribution in [0, 0.1) is 0 Å². The Labute approximate surface area is 94.7 Å². The Balaban J connectivity index is 1.99. The molecule has 1 aromatic rings. The van der Waals surface area contributed by atoms with E-state index in [2.05, 4.69) is 16.8 Å². The number of likely N-dealkylation sites (N-methyl/N-ethyl adjacent to an activating group) is 1. The Hall–Kier alpha value is -1.20. The first kappa shape index (κ1) is 11.3. The molecule has 0 amide bonds. The third kappa shape index (κ3) is 2.68. The van der Waals surface area contributed by atoms with Gasteiger partial charge in [-0.15, -0.1) is 0 Å². The van der Waals surface area contributed by atoms with Crippen LogP contribution in [0.4, 0.5) is 0 Å². The molecular formula is C11H17N3O2. The van der Waals surface area contributed by atoms with Crippen LogP contribution in [-0.4, -0.2) is 46.8 Å². The third-order valence-corrected chi connectivity index (χ3v) is 2.85. The van der Waals surface area contributed by atoms with Crippen LogP contribution in [0.3, 0.4) is 0 Å². The van der Waals surface area contributed by atoms with Gasteiger partial charge in [-0.3, -0.25) is 9.47 Å². The molecule has 0 bridgehead atoms. The summed E-state index contributed by atoms with van der Waals surface area (Å²) >= 11 is 0. The van der Waals surface area contributed by atoms with Crippen LogP contribution >= 0.6 is 0 Å². The quantitative estimate of drug-likeness (QED) is 0.721. The van der Waals surface area contributed by atoms with E-state index in [1.807, 2.05) is 0 Å². The molecule has 0 N–H and O–H groups in total. The fraction of sp³-hybridized carbons (Fsp3) is 0.636. The number of hydrogen-bond acceptors (Lipinski definition) is 4. The largest absolute Gasteiger partial charge is 0.374 e. The summed E-state index contributed by atoms with van der Waals surface area (Å²) in [4.78, 5) is 17.5. The first-order chi connectivity index (χ1) is 7.79. The Morgan fingerprint density at radius 3 is 3.25 bits per heavy atom. The molecule has 2 rings (SSSR count). The van der Waals surface area contributed by atoms with Gasteiger partial charge < -0.3 is 4.74 Å². The number of hydrogen-bond donors (Lipinski definition) is 0. The van der Waals surface area contributed by atoms with Gasteiger partial charge in [0, 0.05) is 25.5 Å². The molecule has 0 saturated carbocycles. The minimum absolute atomic E-state index is 0.0931. The van der Waals surface area contributed by atoms with Crippen LogP contribution in [0.2, 0.25) is 0 Å². The number of ether oxygens (including phenoxy) is 1. The summed E-state index contributed by atoms with van der Waals surface area (Å²) < 4.78 is 7.24. The van der Waals surface area contributed by atoms with Gasteiger partial charge in [-0.25, -0.2) is 9.78 Å². The molecule has 1 atom stereocenters. The van der Waals surface area contributed by atoms with E-state index in [-0.39, 0.29) is 11.8 Å². The normalized spacial score (nSPS) is 22.2. The molecule has 1 aromatic heterocycles. The summed E-state index contributed by atoms with van der Waals surface area (Å²) in [6, 6.07) is 1.77. The van der Waals surface area contributed by atoms with E-state index >= 15 is 0 Å². The molecule has 1 unspecified atom stereocenters. The molecule has 0 aliphatic carbocycles. The second kappa shape index (κ2) is 5.23. The molecule has 5 nitrogen and oxygen atoms in total. The standard InChI is InChI=1S/C11H17N3O2/c1-2-13-6-7-16-10(8-13)9-14-5-3-4-12-11(14)15/h3-5,10H,2,6-9H2,1H3. The zero-order valence-electron chi connectivity index (χ0n) is 9.50. The van der Waals surface area contributed by atoms with E-state index in [1.54, 1.807) is 16.8 Å². The second-order valence-electron chi connectivity index (χ2n) is 3.94. The maximum Gasteiger partial charge on any atom is 0.347 e. The van der Waals surface area contributed by atoms with E-state index in [1.165, 1.54) is 6.20 Å². The zero-order valence-corrected chi connectivity index (χ0v) is 9.50. The summed E-state index contributed by atoms with van der Waals surface area (Å²) in [6.45, 7) is 6.36. The summed E-state index contributed by atoms with van der Waals surface area (Å²) in [5.41, 5.74) is -0.209. The van der Waals surface area contributed by atoms with Crippen molar-refractivity contribution in [2.24, 2.45) is 0 Å². The van der Waals surface area contributed by atoms with Crippen molar-refractivity contribution in [2.75, 3.05) is 26.2 Å². The first-order valence-electron chi connectivity index (χ1n) is 5.65. The highest BCUT2D eigenvalue weighted by atomic mass is 16.5. The van der Waals surface area contributed by atoms with Crippen LogP contribution in [-0.2, 0) is 11.3 Å². The van der Waals surface area contributed by atoms with Crippen molar-refractivity contribution in [1.29, 1.82) is 0 Å². The number of morpholine rings is 1. The SMILES string of the molecule is CCN1CCOC(Cn2cccnc2=O)C1. The minimum atomic E-state index is -0.209. The molecule has 1 aliphatic heterocycles. The predicted octanol–water partition coefficient (Wildman–Crippen LogP) is -0.0360. The van der Waals surface area contributed by atoms with Gasteiger partial charge in [0.15, 0.2) is 0 Å². The van der Waals surface area contributed by atoms with Gasteiger partial charge in [-0.1, -0.05) is 6.92 Å².